The largest absolute Gasteiger partial charge is 0.0654 e. The van der Waals surface area contributed by atoms with Gasteiger partial charge in [-0.15, -0.1) is 0 Å². The van der Waals surface area contributed by atoms with Crippen molar-refractivity contribution in [1.29, 1.82) is 0 Å². The first-order chi connectivity index (χ1) is 12.9. The predicted molar refractivity (Wildman–Crippen MR) is 119 cm³/mol. The van der Waals surface area contributed by atoms with Crippen molar-refractivity contribution in [2.24, 2.45) is 5.92 Å². The molecule has 0 radical (unpaired) electrons. The molecule has 0 saturated carbocycles. The molecule has 0 heterocycles. The highest BCUT2D eigenvalue weighted by Crippen LogP contribution is 2.21. The standard InChI is InChI=1S/C26H46/c1-3-5-6-7-8-9-10-11-12-13-14-15-17-20-25(4-2)23-24-26-21-18-16-19-22-26/h16,18-19,21-22,25H,3-15,17,20,23-24H2,1-2H3. The first-order valence-electron chi connectivity index (χ1n) is 11.9. The first-order valence-corrected chi connectivity index (χ1v) is 11.9. The van der Waals surface area contributed by atoms with Crippen LogP contribution in [0.2, 0.25) is 0 Å². The molecule has 1 rings (SSSR count). The molecule has 0 nitrogen and oxygen atoms in total. The number of aryl methyl sites for hydroxylation is 1. The Morgan fingerprint density at radius 1 is 0.577 bits per heavy atom. The predicted octanol–water partition coefficient (Wildman–Crippen LogP) is 9.13. The van der Waals surface area contributed by atoms with Crippen LogP contribution in [-0.2, 0) is 6.42 Å². The van der Waals surface area contributed by atoms with E-state index in [1.165, 1.54) is 115 Å². The van der Waals surface area contributed by atoms with Crippen molar-refractivity contribution < 1.29 is 0 Å². The summed E-state index contributed by atoms with van der Waals surface area (Å²) in [4.78, 5) is 0. The van der Waals surface area contributed by atoms with Crippen LogP contribution in [0.15, 0.2) is 30.3 Å². The van der Waals surface area contributed by atoms with Crippen LogP contribution in [0.1, 0.15) is 122 Å². The summed E-state index contributed by atoms with van der Waals surface area (Å²) in [5.41, 5.74) is 1.51. The van der Waals surface area contributed by atoms with Crippen LogP contribution < -0.4 is 0 Å². The Labute approximate surface area is 165 Å². The Morgan fingerprint density at radius 3 is 1.58 bits per heavy atom. The zero-order valence-electron chi connectivity index (χ0n) is 18.0. The average Bonchev–Trinajstić information content (AvgIpc) is 2.68. The van der Waals surface area contributed by atoms with Gasteiger partial charge in [0, 0.05) is 0 Å². The first kappa shape index (κ1) is 23.3. The van der Waals surface area contributed by atoms with Gasteiger partial charge in [0.25, 0.3) is 0 Å². The van der Waals surface area contributed by atoms with Crippen molar-refractivity contribution >= 4 is 0 Å². The van der Waals surface area contributed by atoms with Crippen molar-refractivity contribution in [1.82, 2.24) is 0 Å². The van der Waals surface area contributed by atoms with Gasteiger partial charge in [0.1, 0.15) is 0 Å². The van der Waals surface area contributed by atoms with Crippen molar-refractivity contribution in [3.05, 3.63) is 35.9 Å². The number of rotatable bonds is 18. The highest BCUT2D eigenvalue weighted by atomic mass is 14.1. The van der Waals surface area contributed by atoms with E-state index in [-0.39, 0.29) is 0 Å². The molecular weight excluding hydrogens is 312 g/mol. The number of hydrogen-bond acceptors (Lipinski definition) is 0. The average molecular weight is 359 g/mol. The molecule has 0 fully saturated rings. The van der Waals surface area contributed by atoms with E-state index >= 15 is 0 Å². The molecule has 0 spiro atoms. The topological polar surface area (TPSA) is 0 Å². The lowest BCUT2D eigenvalue weighted by molar-refractivity contribution is 0.411. The van der Waals surface area contributed by atoms with Gasteiger partial charge in [-0.2, -0.15) is 0 Å². The third kappa shape index (κ3) is 13.4. The molecule has 0 saturated heterocycles. The third-order valence-electron chi connectivity index (χ3n) is 5.98. The molecule has 0 bridgehead atoms. The molecule has 1 unspecified atom stereocenters. The number of hydrogen-bond donors (Lipinski definition) is 0. The summed E-state index contributed by atoms with van der Waals surface area (Å²) < 4.78 is 0. The SMILES string of the molecule is CCCCCCCCCCCCCCCC(CC)CCc1ccccc1. The zero-order chi connectivity index (χ0) is 18.7. The Bertz CT molecular complexity index is 380. The van der Waals surface area contributed by atoms with Gasteiger partial charge in [-0.1, -0.05) is 140 Å². The second-order valence-corrected chi connectivity index (χ2v) is 8.33. The summed E-state index contributed by atoms with van der Waals surface area (Å²) in [5.74, 6) is 0.933. The van der Waals surface area contributed by atoms with Crippen LogP contribution in [0, 0.1) is 5.92 Å². The molecule has 1 atom stereocenters. The van der Waals surface area contributed by atoms with E-state index < -0.39 is 0 Å². The minimum Gasteiger partial charge on any atom is -0.0654 e. The van der Waals surface area contributed by atoms with Crippen LogP contribution in [0.5, 0.6) is 0 Å². The molecule has 0 aromatic heterocycles. The fourth-order valence-corrected chi connectivity index (χ4v) is 4.02. The Hall–Kier alpha value is -0.780. The van der Waals surface area contributed by atoms with Crippen LogP contribution in [0.25, 0.3) is 0 Å². The second kappa shape index (κ2) is 17.6. The van der Waals surface area contributed by atoms with Crippen LogP contribution in [0.3, 0.4) is 0 Å². The monoisotopic (exact) mass is 358 g/mol. The summed E-state index contributed by atoms with van der Waals surface area (Å²) in [6, 6.07) is 11.0. The van der Waals surface area contributed by atoms with Crippen LogP contribution >= 0.6 is 0 Å². The number of unbranched alkanes of at least 4 members (excludes halogenated alkanes) is 12. The van der Waals surface area contributed by atoms with Gasteiger partial charge in [0.05, 0.1) is 0 Å². The van der Waals surface area contributed by atoms with Gasteiger partial charge in [0.15, 0.2) is 0 Å². The lowest BCUT2D eigenvalue weighted by atomic mass is 9.91. The summed E-state index contributed by atoms with van der Waals surface area (Å²) >= 11 is 0. The second-order valence-electron chi connectivity index (χ2n) is 8.33. The van der Waals surface area contributed by atoms with Gasteiger partial charge in [-0.25, -0.2) is 0 Å². The molecule has 0 aliphatic carbocycles. The van der Waals surface area contributed by atoms with Gasteiger partial charge in [-0.3, -0.25) is 0 Å². The Balaban J connectivity index is 1.86. The number of benzene rings is 1. The molecule has 0 amide bonds. The van der Waals surface area contributed by atoms with Crippen molar-refractivity contribution in [3.8, 4) is 0 Å². The van der Waals surface area contributed by atoms with Crippen LogP contribution in [0.4, 0.5) is 0 Å². The quantitative estimate of drug-likeness (QED) is 0.229. The zero-order valence-corrected chi connectivity index (χ0v) is 18.0. The van der Waals surface area contributed by atoms with Gasteiger partial charge in [-0.05, 0) is 24.3 Å². The van der Waals surface area contributed by atoms with E-state index in [1.54, 1.807) is 0 Å². The van der Waals surface area contributed by atoms with Crippen molar-refractivity contribution in [3.63, 3.8) is 0 Å². The molecule has 26 heavy (non-hydrogen) atoms. The maximum absolute atomic E-state index is 2.37. The molecule has 150 valence electrons. The maximum atomic E-state index is 2.37. The van der Waals surface area contributed by atoms with E-state index in [9.17, 15) is 0 Å². The van der Waals surface area contributed by atoms with Crippen LogP contribution in [-0.4, -0.2) is 0 Å². The lowest BCUT2D eigenvalue weighted by Gasteiger charge is -2.14. The van der Waals surface area contributed by atoms with Crippen molar-refractivity contribution in [2.45, 2.75) is 123 Å². The minimum atomic E-state index is 0.933. The summed E-state index contributed by atoms with van der Waals surface area (Å²) in [6.07, 6.45) is 24.4. The molecule has 0 heteroatoms. The summed E-state index contributed by atoms with van der Waals surface area (Å²) in [6.45, 7) is 4.67. The summed E-state index contributed by atoms with van der Waals surface area (Å²) in [5, 5.41) is 0. The maximum Gasteiger partial charge on any atom is -0.0276 e. The Morgan fingerprint density at radius 2 is 1.08 bits per heavy atom. The van der Waals surface area contributed by atoms with E-state index in [1.807, 2.05) is 0 Å². The van der Waals surface area contributed by atoms with Gasteiger partial charge < -0.3 is 0 Å². The molecule has 0 N–H and O–H groups in total. The minimum absolute atomic E-state index is 0.933. The molecule has 1 aromatic rings. The smallest absolute Gasteiger partial charge is 0.0276 e. The summed E-state index contributed by atoms with van der Waals surface area (Å²) in [7, 11) is 0. The van der Waals surface area contributed by atoms with E-state index in [0.29, 0.717) is 0 Å². The molecular formula is C26H46. The molecule has 1 aromatic carbocycles. The van der Waals surface area contributed by atoms with E-state index in [2.05, 4.69) is 44.2 Å². The Kier molecular flexibility index (Phi) is 15.8. The van der Waals surface area contributed by atoms with Gasteiger partial charge in [0.2, 0.25) is 0 Å². The van der Waals surface area contributed by atoms with E-state index in [4.69, 9.17) is 0 Å². The van der Waals surface area contributed by atoms with Crippen molar-refractivity contribution in [2.75, 3.05) is 0 Å². The third-order valence-corrected chi connectivity index (χ3v) is 5.98. The fourth-order valence-electron chi connectivity index (χ4n) is 4.02. The molecule has 0 aliphatic heterocycles. The van der Waals surface area contributed by atoms with Gasteiger partial charge >= 0.3 is 0 Å². The highest BCUT2D eigenvalue weighted by Gasteiger charge is 2.06. The normalized spacial score (nSPS) is 12.4. The van der Waals surface area contributed by atoms with E-state index in [0.717, 1.165) is 5.92 Å². The lowest BCUT2D eigenvalue weighted by Crippen LogP contribution is -2.01. The highest BCUT2D eigenvalue weighted by molar-refractivity contribution is 5.14. The molecule has 0 aliphatic rings. The fraction of sp³-hybridized carbons (Fsp3) is 0.769.